The van der Waals surface area contributed by atoms with Crippen LogP contribution in [0.5, 0.6) is 5.75 Å². The highest BCUT2D eigenvalue weighted by Gasteiger charge is 2.18. The van der Waals surface area contributed by atoms with Gasteiger partial charge < -0.3 is 5.11 Å². The summed E-state index contributed by atoms with van der Waals surface area (Å²) < 4.78 is 13.6. The maximum absolute atomic E-state index is 13.6. The van der Waals surface area contributed by atoms with E-state index in [1.165, 1.54) is 0 Å². The zero-order valence-corrected chi connectivity index (χ0v) is 12.2. The van der Waals surface area contributed by atoms with Gasteiger partial charge in [0.05, 0.1) is 0 Å². The van der Waals surface area contributed by atoms with Crippen molar-refractivity contribution in [2.75, 3.05) is 0 Å². The van der Waals surface area contributed by atoms with E-state index in [-0.39, 0.29) is 11.6 Å². The molecule has 3 rings (SSSR count). The lowest BCUT2D eigenvalue weighted by Gasteiger charge is -2.21. The summed E-state index contributed by atoms with van der Waals surface area (Å²) in [6.45, 7) is 7.87. The molecular weight excluding hydrogens is 263 g/mol. The molecular formula is C19H17FO. The SMILES string of the molecule is C=C1C=C(c2ccc(C)c(O)c2)Cc2cc(F)cc(C)c21. The first kappa shape index (κ1) is 13.6. The predicted molar refractivity (Wildman–Crippen MR) is 84.7 cm³/mol. The van der Waals surface area contributed by atoms with Crippen molar-refractivity contribution in [1.82, 2.24) is 0 Å². The molecule has 1 aliphatic rings. The molecule has 0 aliphatic heterocycles. The van der Waals surface area contributed by atoms with Crippen LogP contribution in [0.1, 0.15) is 27.8 Å². The zero-order valence-electron chi connectivity index (χ0n) is 12.2. The van der Waals surface area contributed by atoms with Crippen LogP contribution in [0.15, 0.2) is 43.0 Å². The van der Waals surface area contributed by atoms with Crippen LogP contribution in [0.3, 0.4) is 0 Å². The van der Waals surface area contributed by atoms with Gasteiger partial charge in [0.1, 0.15) is 11.6 Å². The average Bonchev–Trinajstić information content (AvgIpc) is 2.40. The van der Waals surface area contributed by atoms with Crippen molar-refractivity contribution in [2.45, 2.75) is 20.3 Å². The second-order valence-corrected chi connectivity index (χ2v) is 5.63. The van der Waals surface area contributed by atoms with E-state index in [4.69, 9.17) is 0 Å². The van der Waals surface area contributed by atoms with Crippen LogP contribution in [0.4, 0.5) is 4.39 Å². The number of hydrogen-bond donors (Lipinski definition) is 1. The van der Waals surface area contributed by atoms with E-state index in [0.29, 0.717) is 6.42 Å². The Morgan fingerprint density at radius 1 is 1.10 bits per heavy atom. The normalized spacial score (nSPS) is 13.9. The molecule has 1 nitrogen and oxygen atoms in total. The van der Waals surface area contributed by atoms with Crippen LogP contribution >= 0.6 is 0 Å². The number of rotatable bonds is 1. The Morgan fingerprint density at radius 2 is 1.86 bits per heavy atom. The number of halogens is 1. The molecule has 0 heterocycles. The fraction of sp³-hybridized carbons (Fsp3) is 0.158. The molecule has 2 aromatic rings. The summed E-state index contributed by atoms with van der Waals surface area (Å²) in [5, 5.41) is 9.87. The summed E-state index contributed by atoms with van der Waals surface area (Å²) >= 11 is 0. The smallest absolute Gasteiger partial charge is 0.123 e. The van der Waals surface area contributed by atoms with Gasteiger partial charge in [0, 0.05) is 0 Å². The van der Waals surface area contributed by atoms with Crippen LogP contribution in [0, 0.1) is 19.7 Å². The van der Waals surface area contributed by atoms with Crippen molar-refractivity contribution in [3.05, 3.63) is 76.6 Å². The predicted octanol–water partition coefficient (Wildman–Crippen LogP) is 4.80. The van der Waals surface area contributed by atoms with E-state index in [1.54, 1.807) is 18.2 Å². The van der Waals surface area contributed by atoms with Gasteiger partial charge in [-0.3, -0.25) is 0 Å². The van der Waals surface area contributed by atoms with E-state index >= 15 is 0 Å². The number of fused-ring (bicyclic) bond motifs is 1. The van der Waals surface area contributed by atoms with Gasteiger partial charge in [-0.05, 0) is 77.4 Å². The van der Waals surface area contributed by atoms with Crippen LogP contribution in [-0.4, -0.2) is 5.11 Å². The third kappa shape index (κ3) is 2.38. The van der Waals surface area contributed by atoms with E-state index < -0.39 is 0 Å². The third-order valence-corrected chi connectivity index (χ3v) is 4.01. The lowest BCUT2D eigenvalue weighted by Crippen LogP contribution is -2.04. The second kappa shape index (κ2) is 4.88. The Morgan fingerprint density at radius 3 is 2.57 bits per heavy atom. The first-order chi connectivity index (χ1) is 9.95. The maximum atomic E-state index is 13.6. The highest BCUT2D eigenvalue weighted by molar-refractivity contribution is 5.90. The van der Waals surface area contributed by atoms with Crippen molar-refractivity contribution in [2.24, 2.45) is 0 Å². The number of allylic oxidation sites excluding steroid dienone is 3. The molecule has 0 saturated heterocycles. The Bertz CT molecular complexity index is 784. The summed E-state index contributed by atoms with van der Waals surface area (Å²) in [4.78, 5) is 0. The van der Waals surface area contributed by atoms with Gasteiger partial charge in [0.15, 0.2) is 0 Å². The molecule has 0 radical (unpaired) electrons. The monoisotopic (exact) mass is 280 g/mol. The molecule has 1 aliphatic carbocycles. The Labute approximate surface area is 124 Å². The van der Waals surface area contributed by atoms with Gasteiger partial charge in [-0.25, -0.2) is 4.39 Å². The van der Waals surface area contributed by atoms with Crippen LogP contribution in [0.25, 0.3) is 11.1 Å². The zero-order chi connectivity index (χ0) is 15.1. The van der Waals surface area contributed by atoms with Gasteiger partial charge in [-0.2, -0.15) is 0 Å². The van der Waals surface area contributed by atoms with Gasteiger partial charge in [-0.1, -0.05) is 24.8 Å². The van der Waals surface area contributed by atoms with Crippen molar-refractivity contribution in [3.63, 3.8) is 0 Å². The van der Waals surface area contributed by atoms with Gasteiger partial charge in [0.25, 0.3) is 0 Å². The number of aromatic hydroxyl groups is 1. The van der Waals surface area contributed by atoms with Gasteiger partial charge in [-0.15, -0.1) is 0 Å². The van der Waals surface area contributed by atoms with Crippen LogP contribution in [0.2, 0.25) is 0 Å². The minimum absolute atomic E-state index is 0.216. The van der Waals surface area contributed by atoms with Crippen molar-refractivity contribution in [3.8, 4) is 5.75 Å². The molecule has 0 spiro atoms. The van der Waals surface area contributed by atoms with Gasteiger partial charge in [0.2, 0.25) is 0 Å². The number of phenolic OH excluding ortho intramolecular Hbond substituents is 1. The highest BCUT2D eigenvalue weighted by Crippen LogP contribution is 2.36. The molecule has 0 atom stereocenters. The van der Waals surface area contributed by atoms with Crippen LogP contribution < -0.4 is 0 Å². The van der Waals surface area contributed by atoms with E-state index in [1.807, 2.05) is 32.1 Å². The summed E-state index contributed by atoms with van der Waals surface area (Å²) in [6.07, 6.45) is 2.67. The van der Waals surface area contributed by atoms with Crippen molar-refractivity contribution in [1.29, 1.82) is 0 Å². The fourth-order valence-corrected chi connectivity index (χ4v) is 2.94. The summed E-state index contributed by atoms with van der Waals surface area (Å²) in [7, 11) is 0. The summed E-state index contributed by atoms with van der Waals surface area (Å²) in [6, 6.07) is 8.74. The quantitative estimate of drug-likeness (QED) is 0.795. The molecule has 0 unspecified atom stereocenters. The minimum atomic E-state index is -0.216. The van der Waals surface area contributed by atoms with Gasteiger partial charge >= 0.3 is 0 Å². The van der Waals surface area contributed by atoms with E-state index in [0.717, 1.165) is 39.0 Å². The van der Waals surface area contributed by atoms with Crippen LogP contribution in [-0.2, 0) is 6.42 Å². The summed E-state index contributed by atoms with van der Waals surface area (Å²) in [5.74, 6) is 0.0623. The minimum Gasteiger partial charge on any atom is -0.508 e. The molecule has 1 N–H and O–H groups in total. The number of aryl methyl sites for hydroxylation is 2. The number of phenols is 1. The molecule has 0 bridgehead atoms. The lowest BCUT2D eigenvalue weighted by atomic mass is 9.83. The maximum Gasteiger partial charge on any atom is 0.123 e. The first-order valence-electron chi connectivity index (χ1n) is 6.94. The Hall–Kier alpha value is -2.35. The number of benzene rings is 2. The van der Waals surface area contributed by atoms with E-state index in [2.05, 4.69) is 6.58 Å². The third-order valence-electron chi connectivity index (χ3n) is 4.01. The second-order valence-electron chi connectivity index (χ2n) is 5.63. The molecule has 2 aromatic carbocycles. The van der Waals surface area contributed by atoms with Crippen molar-refractivity contribution >= 4 is 11.1 Å². The lowest BCUT2D eigenvalue weighted by molar-refractivity contribution is 0.471. The molecule has 2 heteroatoms. The standard InChI is InChI=1S/C19H17FO/c1-11-4-5-14(10-18(11)21)15-6-12(2)19-13(3)7-17(20)9-16(19)8-15/h4-7,9-10,21H,2,8H2,1,3H3. The Balaban J connectivity index is 2.08. The highest BCUT2D eigenvalue weighted by atomic mass is 19.1. The van der Waals surface area contributed by atoms with Crippen molar-refractivity contribution < 1.29 is 9.50 Å². The topological polar surface area (TPSA) is 20.2 Å². The first-order valence-corrected chi connectivity index (χ1v) is 6.94. The molecule has 106 valence electrons. The molecule has 0 fully saturated rings. The molecule has 0 aromatic heterocycles. The molecule has 0 amide bonds. The number of hydrogen-bond acceptors (Lipinski definition) is 1. The Kier molecular flexibility index (Phi) is 3.17. The largest absolute Gasteiger partial charge is 0.508 e. The molecule has 0 saturated carbocycles. The summed E-state index contributed by atoms with van der Waals surface area (Å²) in [5.41, 5.74) is 6.64. The average molecular weight is 280 g/mol. The molecule has 21 heavy (non-hydrogen) atoms. The van der Waals surface area contributed by atoms with E-state index in [9.17, 15) is 9.50 Å². The fourth-order valence-electron chi connectivity index (χ4n) is 2.94.